The molecule has 1 aliphatic heterocycles. The number of rotatable bonds is 1. The lowest BCUT2D eigenvalue weighted by molar-refractivity contribution is 0.00671. The summed E-state index contributed by atoms with van der Waals surface area (Å²) in [4.78, 5) is 4.27. The third-order valence-corrected chi connectivity index (χ3v) is 2.28. The summed E-state index contributed by atoms with van der Waals surface area (Å²) < 4.78 is 6.10. The minimum absolute atomic E-state index is 0.531. The van der Waals surface area contributed by atoms with Crippen LogP contribution in [-0.4, -0.2) is 18.2 Å². The fraction of sp³-hybridized carbons (Fsp3) is 0.375. The molecule has 2 nitrogen and oxygen atoms in total. The van der Waals surface area contributed by atoms with Crippen molar-refractivity contribution in [2.24, 2.45) is 0 Å². The summed E-state index contributed by atoms with van der Waals surface area (Å²) in [6, 6.07) is 4.05. The third kappa shape index (κ3) is 1.44. The molecule has 0 N–H and O–H groups in total. The first-order valence-electron chi connectivity index (χ1n) is 3.55. The molecule has 2 heterocycles. The summed E-state index contributed by atoms with van der Waals surface area (Å²) in [7, 11) is 0. The maximum atomic E-state index is 5.07. The second-order valence-corrected chi connectivity index (χ2v) is 3.55. The number of aromatic nitrogens is 1. The van der Waals surface area contributed by atoms with Crippen molar-refractivity contribution in [3.63, 3.8) is 0 Å². The van der Waals surface area contributed by atoms with Gasteiger partial charge < -0.3 is 4.74 Å². The van der Waals surface area contributed by atoms with Crippen molar-refractivity contribution >= 4 is 15.9 Å². The standard InChI is InChI=1S/C8H8BrNO/c9-7-1-2-8(10-3-7)6-4-11-5-6/h1-3,6H,4-5H2. The predicted molar refractivity (Wildman–Crippen MR) is 45.5 cm³/mol. The van der Waals surface area contributed by atoms with Crippen molar-refractivity contribution in [1.82, 2.24) is 4.98 Å². The van der Waals surface area contributed by atoms with E-state index in [1.54, 1.807) is 0 Å². The van der Waals surface area contributed by atoms with Gasteiger partial charge in [0.1, 0.15) is 0 Å². The van der Waals surface area contributed by atoms with Crippen LogP contribution in [0.2, 0.25) is 0 Å². The molecule has 0 aromatic carbocycles. The second kappa shape index (κ2) is 2.91. The van der Waals surface area contributed by atoms with E-state index >= 15 is 0 Å². The molecule has 1 fully saturated rings. The minimum Gasteiger partial charge on any atom is -0.380 e. The highest BCUT2D eigenvalue weighted by molar-refractivity contribution is 9.10. The first-order valence-corrected chi connectivity index (χ1v) is 4.35. The lowest BCUT2D eigenvalue weighted by Crippen LogP contribution is -2.25. The zero-order valence-electron chi connectivity index (χ0n) is 5.96. The molecule has 0 saturated carbocycles. The maximum Gasteiger partial charge on any atom is 0.0572 e. The van der Waals surface area contributed by atoms with Gasteiger partial charge in [-0.25, -0.2) is 0 Å². The Kier molecular flexibility index (Phi) is 1.92. The number of halogens is 1. The summed E-state index contributed by atoms with van der Waals surface area (Å²) in [5, 5.41) is 0. The Morgan fingerprint density at radius 1 is 1.45 bits per heavy atom. The highest BCUT2D eigenvalue weighted by Gasteiger charge is 2.21. The highest BCUT2D eigenvalue weighted by Crippen LogP contribution is 2.22. The topological polar surface area (TPSA) is 22.1 Å². The molecular weight excluding hydrogens is 206 g/mol. The Morgan fingerprint density at radius 3 is 2.73 bits per heavy atom. The summed E-state index contributed by atoms with van der Waals surface area (Å²) >= 11 is 3.34. The molecule has 3 heteroatoms. The molecule has 11 heavy (non-hydrogen) atoms. The average molecular weight is 214 g/mol. The Hall–Kier alpha value is -0.410. The fourth-order valence-corrected chi connectivity index (χ4v) is 1.27. The second-order valence-electron chi connectivity index (χ2n) is 2.64. The molecule has 1 aromatic heterocycles. The van der Waals surface area contributed by atoms with E-state index in [1.807, 2.05) is 18.3 Å². The molecule has 1 aromatic rings. The number of pyridine rings is 1. The Balaban J connectivity index is 2.18. The molecule has 0 bridgehead atoms. The monoisotopic (exact) mass is 213 g/mol. The Labute approximate surface area is 73.7 Å². The van der Waals surface area contributed by atoms with Crippen molar-refractivity contribution in [3.05, 3.63) is 28.5 Å². The first kappa shape index (κ1) is 7.25. The quantitative estimate of drug-likeness (QED) is 0.712. The van der Waals surface area contributed by atoms with Gasteiger partial charge in [-0.3, -0.25) is 4.98 Å². The van der Waals surface area contributed by atoms with Crippen LogP contribution >= 0.6 is 15.9 Å². The Morgan fingerprint density at radius 2 is 2.27 bits per heavy atom. The molecule has 0 atom stereocenters. The first-order chi connectivity index (χ1) is 5.36. The molecule has 1 saturated heterocycles. The predicted octanol–water partition coefficient (Wildman–Crippen LogP) is 1.96. The number of hydrogen-bond acceptors (Lipinski definition) is 2. The van der Waals surface area contributed by atoms with E-state index in [0.29, 0.717) is 5.92 Å². The summed E-state index contributed by atoms with van der Waals surface area (Å²) in [5.41, 5.74) is 1.14. The lowest BCUT2D eigenvalue weighted by atomic mass is 10.0. The van der Waals surface area contributed by atoms with Gasteiger partial charge in [0.15, 0.2) is 0 Å². The summed E-state index contributed by atoms with van der Waals surface area (Å²) in [5.74, 6) is 0.531. The van der Waals surface area contributed by atoms with Crippen molar-refractivity contribution in [2.45, 2.75) is 5.92 Å². The molecule has 58 valence electrons. The van der Waals surface area contributed by atoms with Gasteiger partial charge in [-0.15, -0.1) is 0 Å². The molecule has 0 amide bonds. The van der Waals surface area contributed by atoms with Gasteiger partial charge >= 0.3 is 0 Å². The van der Waals surface area contributed by atoms with E-state index in [9.17, 15) is 0 Å². The van der Waals surface area contributed by atoms with E-state index in [4.69, 9.17) is 4.74 Å². The summed E-state index contributed by atoms with van der Waals surface area (Å²) in [6.45, 7) is 1.66. The van der Waals surface area contributed by atoms with Gasteiger partial charge in [0.25, 0.3) is 0 Å². The normalized spacial score (nSPS) is 17.9. The lowest BCUT2D eigenvalue weighted by Gasteiger charge is -2.25. The van der Waals surface area contributed by atoms with Crippen LogP contribution in [-0.2, 0) is 4.74 Å². The largest absolute Gasteiger partial charge is 0.380 e. The van der Waals surface area contributed by atoms with E-state index in [-0.39, 0.29) is 0 Å². The van der Waals surface area contributed by atoms with Gasteiger partial charge in [0.2, 0.25) is 0 Å². The number of nitrogens with zero attached hydrogens (tertiary/aromatic N) is 1. The van der Waals surface area contributed by atoms with Gasteiger partial charge in [-0.1, -0.05) is 0 Å². The molecule has 0 aliphatic carbocycles. The van der Waals surface area contributed by atoms with E-state index in [0.717, 1.165) is 23.4 Å². The van der Waals surface area contributed by atoms with Gasteiger partial charge in [-0.2, -0.15) is 0 Å². The Bertz CT molecular complexity index is 243. The van der Waals surface area contributed by atoms with Crippen LogP contribution in [0.15, 0.2) is 22.8 Å². The van der Waals surface area contributed by atoms with Gasteiger partial charge in [0, 0.05) is 22.3 Å². The van der Waals surface area contributed by atoms with Crippen molar-refractivity contribution in [2.75, 3.05) is 13.2 Å². The smallest absolute Gasteiger partial charge is 0.0572 e. The number of hydrogen-bond donors (Lipinski definition) is 0. The zero-order chi connectivity index (χ0) is 7.68. The summed E-state index contributed by atoms with van der Waals surface area (Å²) in [6.07, 6.45) is 1.83. The minimum atomic E-state index is 0.531. The van der Waals surface area contributed by atoms with Crippen molar-refractivity contribution in [3.8, 4) is 0 Å². The van der Waals surface area contributed by atoms with Gasteiger partial charge in [-0.05, 0) is 28.1 Å². The molecule has 0 spiro atoms. The van der Waals surface area contributed by atoms with Crippen LogP contribution in [0, 0.1) is 0 Å². The van der Waals surface area contributed by atoms with E-state index in [1.165, 1.54) is 0 Å². The zero-order valence-corrected chi connectivity index (χ0v) is 7.54. The van der Waals surface area contributed by atoms with Crippen LogP contribution < -0.4 is 0 Å². The highest BCUT2D eigenvalue weighted by atomic mass is 79.9. The fourth-order valence-electron chi connectivity index (χ4n) is 1.04. The van der Waals surface area contributed by atoms with E-state index < -0.39 is 0 Å². The van der Waals surface area contributed by atoms with Crippen LogP contribution in [0.3, 0.4) is 0 Å². The third-order valence-electron chi connectivity index (χ3n) is 1.81. The average Bonchev–Trinajstić information content (AvgIpc) is 1.90. The van der Waals surface area contributed by atoms with E-state index in [2.05, 4.69) is 20.9 Å². The molecular formula is C8H8BrNO. The molecule has 1 aliphatic rings. The van der Waals surface area contributed by atoms with Gasteiger partial charge in [0.05, 0.1) is 13.2 Å². The molecule has 0 radical (unpaired) electrons. The van der Waals surface area contributed by atoms with Crippen LogP contribution in [0.1, 0.15) is 11.6 Å². The van der Waals surface area contributed by atoms with Crippen molar-refractivity contribution in [1.29, 1.82) is 0 Å². The van der Waals surface area contributed by atoms with Crippen LogP contribution in [0.25, 0.3) is 0 Å². The SMILES string of the molecule is Brc1ccc(C2COC2)nc1. The van der Waals surface area contributed by atoms with Crippen molar-refractivity contribution < 1.29 is 4.74 Å². The molecule has 0 unspecified atom stereocenters. The maximum absolute atomic E-state index is 5.07. The number of ether oxygens (including phenoxy) is 1. The van der Waals surface area contributed by atoms with Crippen LogP contribution in [0.4, 0.5) is 0 Å². The molecule has 2 rings (SSSR count). The van der Waals surface area contributed by atoms with Crippen LogP contribution in [0.5, 0.6) is 0 Å².